The molecule has 0 aliphatic heterocycles. The van der Waals surface area contributed by atoms with Crippen molar-refractivity contribution in [1.82, 2.24) is 10.2 Å². The largest absolute Gasteiger partial charge is 0.354 e. The summed E-state index contributed by atoms with van der Waals surface area (Å²) in [6, 6.07) is 13.2. The average Bonchev–Trinajstić information content (AvgIpc) is 2.79. The molecule has 0 radical (unpaired) electrons. The lowest BCUT2D eigenvalue weighted by Gasteiger charge is -2.33. The molecule has 2 aromatic carbocycles. The van der Waals surface area contributed by atoms with Crippen LogP contribution in [0.4, 0.5) is 5.69 Å². The molecule has 0 aromatic heterocycles. The Balaban J connectivity index is 2.37. The first-order chi connectivity index (χ1) is 16.1. The minimum absolute atomic E-state index is 0.106. The van der Waals surface area contributed by atoms with Gasteiger partial charge in [0.15, 0.2) is 0 Å². The fourth-order valence-electron chi connectivity index (χ4n) is 3.54. The highest BCUT2D eigenvalue weighted by molar-refractivity contribution is 7.92. The minimum Gasteiger partial charge on any atom is -0.354 e. The summed E-state index contributed by atoms with van der Waals surface area (Å²) in [5.74, 6) is -0.757. The molecule has 1 N–H and O–H groups in total. The molecule has 10 heteroatoms. The Hall–Kier alpha value is -2.29. The molecule has 34 heavy (non-hydrogen) atoms. The van der Waals surface area contributed by atoms with E-state index in [0.717, 1.165) is 22.5 Å². The fourth-order valence-corrected chi connectivity index (χ4v) is 4.96. The van der Waals surface area contributed by atoms with Crippen LogP contribution >= 0.6 is 23.2 Å². The summed E-state index contributed by atoms with van der Waals surface area (Å²) in [7, 11) is -3.86. The maximum atomic E-state index is 13.5. The molecule has 0 unspecified atom stereocenters. The van der Waals surface area contributed by atoms with Crippen LogP contribution in [0.2, 0.25) is 10.0 Å². The lowest BCUT2D eigenvalue weighted by atomic mass is 10.1. The zero-order valence-corrected chi connectivity index (χ0v) is 22.0. The third-order valence-electron chi connectivity index (χ3n) is 5.28. The minimum atomic E-state index is -3.86. The summed E-state index contributed by atoms with van der Waals surface area (Å²) in [6.45, 7) is 4.02. The highest BCUT2D eigenvalue weighted by atomic mass is 35.5. The molecule has 0 bridgehead atoms. The topological polar surface area (TPSA) is 86.8 Å². The van der Waals surface area contributed by atoms with Crippen molar-refractivity contribution >= 4 is 50.7 Å². The van der Waals surface area contributed by atoms with Crippen molar-refractivity contribution in [1.29, 1.82) is 0 Å². The summed E-state index contributed by atoms with van der Waals surface area (Å²) in [5.41, 5.74) is 1.15. The average molecular weight is 529 g/mol. The van der Waals surface area contributed by atoms with Crippen LogP contribution in [0.25, 0.3) is 0 Å². The van der Waals surface area contributed by atoms with Gasteiger partial charge in [-0.15, -0.1) is 0 Å². The third-order valence-corrected chi connectivity index (χ3v) is 6.94. The van der Waals surface area contributed by atoms with Gasteiger partial charge in [0.2, 0.25) is 21.8 Å². The number of nitrogens with one attached hydrogen (secondary N) is 1. The number of amides is 2. The van der Waals surface area contributed by atoms with Gasteiger partial charge in [0.05, 0.1) is 17.0 Å². The maximum absolute atomic E-state index is 13.5. The summed E-state index contributed by atoms with van der Waals surface area (Å²) in [5, 5.41) is 3.30. The van der Waals surface area contributed by atoms with Gasteiger partial charge < -0.3 is 10.2 Å². The van der Waals surface area contributed by atoms with E-state index in [1.807, 2.05) is 44.2 Å². The SMILES string of the molecule is CCCNC(=O)[C@H](CC)N(CCc1ccccc1)C(=O)CN(c1ccc(Cl)cc1Cl)S(C)(=O)=O. The van der Waals surface area contributed by atoms with E-state index in [0.29, 0.717) is 24.4 Å². The quantitative estimate of drug-likeness (QED) is 0.449. The van der Waals surface area contributed by atoms with Gasteiger partial charge in [-0.05, 0) is 43.0 Å². The normalized spacial score (nSPS) is 12.1. The molecule has 0 heterocycles. The molecule has 0 aliphatic rings. The molecule has 0 spiro atoms. The maximum Gasteiger partial charge on any atom is 0.244 e. The Morgan fingerprint density at radius 1 is 1.06 bits per heavy atom. The fraction of sp³-hybridized carbons (Fsp3) is 0.417. The van der Waals surface area contributed by atoms with Gasteiger partial charge in [0.25, 0.3) is 0 Å². The van der Waals surface area contributed by atoms with Gasteiger partial charge >= 0.3 is 0 Å². The Labute approximate surface area is 212 Å². The molecule has 0 aliphatic carbocycles. The van der Waals surface area contributed by atoms with E-state index >= 15 is 0 Å². The van der Waals surface area contributed by atoms with Crippen LogP contribution in [-0.2, 0) is 26.0 Å². The third kappa shape index (κ3) is 7.89. The zero-order valence-electron chi connectivity index (χ0n) is 19.6. The highest BCUT2D eigenvalue weighted by Gasteiger charge is 2.31. The molecule has 0 saturated carbocycles. The van der Waals surface area contributed by atoms with E-state index in [-0.39, 0.29) is 23.2 Å². The van der Waals surface area contributed by atoms with Crippen molar-refractivity contribution in [2.45, 2.75) is 39.2 Å². The summed E-state index contributed by atoms with van der Waals surface area (Å²) in [4.78, 5) is 27.8. The second-order valence-electron chi connectivity index (χ2n) is 7.90. The van der Waals surface area contributed by atoms with Crippen molar-refractivity contribution in [2.24, 2.45) is 0 Å². The van der Waals surface area contributed by atoms with Crippen molar-refractivity contribution in [3.05, 3.63) is 64.1 Å². The number of anilines is 1. The van der Waals surface area contributed by atoms with Gasteiger partial charge in [0.1, 0.15) is 12.6 Å². The van der Waals surface area contributed by atoms with Crippen LogP contribution in [0.3, 0.4) is 0 Å². The number of carbonyl (C=O) groups is 2. The Kier molecular flexibility index (Phi) is 10.7. The van der Waals surface area contributed by atoms with Crippen LogP contribution < -0.4 is 9.62 Å². The molecule has 2 amide bonds. The number of benzene rings is 2. The van der Waals surface area contributed by atoms with Crippen molar-refractivity contribution < 1.29 is 18.0 Å². The monoisotopic (exact) mass is 527 g/mol. The van der Waals surface area contributed by atoms with E-state index in [4.69, 9.17) is 23.2 Å². The molecular formula is C24H31Cl2N3O4S. The van der Waals surface area contributed by atoms with Gasteiger partial charge in [0, 0.05) is 18.1 Å². The van der Waals surface area contributed by atoms with E-state index in [2.05, 4.69) is 5.32 Å². The predicted molar refractivity (Wildman–Crippen MR) is 138 cm³/mol. The molecule has 1 atom stereocenters. The summed E-state index contributed by atoms with van der Waals surface area (Å²) < 4.78 is 26.2. The molecule has 0 saturated heterocycles. The summed E-state index contributed by atoms with van der Waals surface area (Å²) in [6.07, 6.45) is 2.67. The first-order valence-corrected chi connectivity index (χ1v) is 13.7. The Morgan fingerprint density at radius 3 is 2.29 bits per heavy atom. The first kappa shape index (κ1) is 28.0. The zero-order chi connectivity index (χ0) is 25.3. The number of hydrogen-bond acceptors (Lipinski definition) is 4. The molecule has 7 nitrogen and oxygen atoms in total. The smallest absolute Gasteiger partial charge is 0.244 e. The number of nitrogens with zero attached hydrogens (tertiary/aromatic N) is 2. The Bertz CT molecular complexity index is 1080. The van der Waals surface area contributed by atoms with Crippen LogP contribution in [0.15, 0.2) is 48.5 Å². The van der Waals surface area contributed by atoms with Crippen molar-refractivity contribution in [3.63, 3.8) is 0 Å². The van der Waals surface area contributed by atoms with E-state index in [9.17, 15) is 18.0 Å². The second kappa shape index (κ2) is 13.0. The van der Waals surface area contributed by atoms with E-state index in [1.165, 1.54) is 23.1 Å². The molecule has 0 fully saturated rings. The van der Waals surface area contributed by atoms with Crippen LogP contribution in [0, 0.1) is 0 Å². The van der Waals surface area contributed by atoms with Crippen molar-refractivity contribution in [3.8, 4) is 0 Å². The van der Waals surface area contributed by atoms with Gasteiger partial charge in [-0.2, -0.15) is 0 Å². The summed E-state index contributed by atoms with van der Waals surface area (Å²) >= 11 is 12.2. The van der Waals surface area contributed by atoms with E-state index < -0.39 is 28.5 Å². The second-order valence-corrected chi connectivity index (χ2v) is 10.7. The van der Waals surface area contributed by atoms with Crippen LogP contribution in [-0.4, -0.2) is 57.1 Å². The number of rotatable bonds is 12. The number of halogens is 2. The molecular weight excluding hydrogens is 497 g/mol. The standard InChI is InChI=1S/C24H31Cl2N3O4S/c1-4-14-27-24(31)21(5-2)28(15-13-18-9-7-6-8-10-18)23(30)17-29(34(3,32)33)22-12-11-19(25)16-20(22)26/h6-12,16,21H,4-5,13-15,17H2,1-3H3,(H,27,31)/t21-/m0/s1. The van der Waals surface area contributed by atoms with E-state index in [1.54, 1.807) is 0 Å². The molecule has 2 aromatic rings. The van der Waals surface area contributed by atoms with Crippen LogP contribution in [0.5, 0.6) is 0 Å². The number of hydrogen-bond donors (Lipinski definition) is 1. The van der Waals surface area contributed by atoms with Gasteiger partial charge in [-0.3, -0.25) is 13.9 Å². The predicted octanol–water partition coefficient (Wildman–Crippen LogP) is 4.14. The Morgan fingerprint density at radius 2 is 1.74 bits per heavy atom. The van der Waals surface area contributed by atoms with Gasteiger partial charge in [-0.1, -0.05) is 67.4 Å². The lowest BCUT2D eigenvalue weighted by Crippen LogP contribution is -2.53. The molecule has 2 rings (SSSR count). The first-order valence-electron chi connectivity index (χ1n) is 11.1. The molecule has 186 valence electrons. The highest BCUT2D eigenvalue weighted by Crippen LogP contribution is 2.30. The van der Waals surface area contributed by atoms with Crippen LogP contribution in [0.1, 0.15) is 32.3 Å². The number of sulfonamides is 1. The van der Waals surface area contributed by atoms with Gasteiger partial charge in [-0.25, -0.2) is 8.42 Å². The number of carbonyl (C=O) groups excluding carboxylic acids is 2. The van der Waals surface area contributed by atoms with Crippen molar-refractivity contribution in [2.75, 3.05) is 30.2 Å². The lowest BCUT2D eigenvalue weighted by molar-refractivity contribution is -0.139.